The van der Waals surface area contributed by atoms with Crippen LogP contribution in [0.3, 0.4) is 0 Å². The Morgan fingerprint density at radius 3 is 2.83 bits per heavy atom. The maximum atomic E-state index is 12.6. The summed E-state index contributed by atoms with van der Waals surface area (Å²) < 4.78 is 2.07. The number of H-pyrrole nitrogens is 1. The Morgan fingerprint density at radius 1 is 1.38 bits per heavy atom. The van der Waals surface area contributed by atoms with Crippen molar-refractivity contribution in [2.45, 2.75) is 13.0 Å². The average Bonchev–Trinajstić information content (AvgIpc) is 3.19. The number of benzene rings is 1. The van der Waals surface area contributed by atoms with Gasteiger partial charge in [0.05, 0.1) is 14.9 Å². The van der Waals surface area contributed by atoms with Gasteiger partial charge in [0.1, 0.15) is 6.04 Å². The number of amides is 1. The smallest absolute Gasteiger partial charge is 0.247 e. The number of carbonyl (C=O) groups is 1. The van der Waals surface area contributed by atoms with Crippen molar-refractivity contribution in [3.05, 3.63) is 50.5 Å². The zero-order chi connectivity index (χ0) is 17.3. The number of rotatable bonds is 4. The molecule has 9 heteroatoms. The lowest BCUT2D eigenvalue weighted by Crippen LogP contribution is -2.24. The first-order valence-electron chi connectivity index (χ1n) is 6.94. The first-order valence-corrected chi connectivity index (χ1v) is 8.98. The van der Waals surface area contributed by atoms with Crippen LogP contribution in [0.2, 0.25) is 10.0 Å². The van der Waals surface area contributed by atoms with Gasteiger partial charge >= 0.3 is 0 Å². The highest BCUT2D eigenvalue weighted by Crippen LogP contribution is 2.28. The van der Waals surface area contributed by atoms with Gasteiger partial charge < -0.3 is 5.32 Å². The van der Waals surface area contributed by atoms with E-state index in [0.717, 1.165) is 4.88 Å². The van der Waals surface area contributed by atoms with Crippen molar-refractivity contribution in [2.24, 2.45) is 0 Å². The standard InChI is InChI=1S/C15H12Cl2N4OS2/c1-8(14(22)18-9-4-5-10(16)11(17)7-9)21-13(19-20-15(21)23)12-3-2-6-24-12/h2-8H,1H3,(H,18,22)(H,20,23). The number of hydrogen-bond donors (Lipinski definition) is 2. The number of halogens is 2. The van der Waals surface area contributed by atoms with E-state index in [4.69, 9.17) is 35.4 Å². The molecule has 1 amide bonds. The van der Waals surface area contributed by atoms with E-state index in [9.17, 15) is 4.79 Å². The highest BCUT2D eigenvalue weighted by Gasteiger charge is 2.21. The van der Waals surface area contributed by atoms with Crippen molar-refractivity contribution in [2.75, 3.05) is 5.32 Å². The Balaban J connectivity index is 1.88. The quantitative estimate of drug-likeness (QED) is 0.595. The minimum Gasteiger partial charge on any atom is -0.324 e. The van der Waals surface area contributed by atoms with E-state index in [2.05, 4.69) is 15.5 Å². The van der Waals surface area contributed by atoms with Crippen LogP contribution in [0, 0.1) is 4.77 Å². The molecule has 5 nitrogen and oxygen atoms in total. The molecule has 0 aliphatic rings. The van der Waals surface area contributed by atoms with E-state index in [1.54, 1.807) is 29.7 Å². The summed E-state index contributed by atoms with van der Waals surface area (Å²) in [5.74, 6) is 0.399. The van der Waals surface area contributed by atoms with E-state index in [1.165, 1.54) is 11.3 Å². The number of carbonyl (C=O) groups excluding carboxylic acids is 1. The van der Waals surface area contributed by atoms with Crippen LogP contribution in [0.4, 0.5) is 5.69 Å². The predicted octanol–water partition coefficient (Wildman–Crippen LogP) is 5.18. The molecule has 24 heavy (non-hydrogen) atoms. The number of anilines is 1. The summed E-state index contributed by atoms with van der Waals surface area (Å²) in [7, 11) is 0. The third kappa shape index (κ3) is 3.39. The summed E-state index contributed by atoms with van der Waals surface area (Å²) in [5.41, 5.74) is 0.564. The van der Waals surface area contributed by atoms with Gasteiger partial charge in [-0.25, -0.2) is 0 Å². The lowest BCUT2D eigenvalue weighted by molar-refractivity contribution is -0.118. The van der Waals surface area contributed by atoms with E-state index in [1.807, 2.05) is 17.5 Å². The molecule has 0 spiro atoms. The molecule has 0 fully saturated rings. The summed E-state index contributed by atoms with van der Waals surface area (Å²) in [6.45, 7) is 1.76. The van der Waals surface area contributed by atoms with Crippen molar-refractivity contribution in [3.8, 4) is 10.7 Å². The fourth-order valence-corrected chi connectivity index (χ4v) is 3.48. The first-order chi connectivity index (χ1) is 11.5. The Morgan fingerprint density at radius 2 is 2.17 bits per heavy atom. The lowest BCUT2D eigenvalue weighted by Gasteiger charge is -2.15. The van der Waals surface area contributed by atoms with Gasteiger partial charge in [-0.1, -0.05) is 29.3 Å². The normalized spacial score (nSPS) is 12.1. The fourth-order valence-electron chi connectivity index (χ4n) is 2.18. The Hall–Kier alpha value is -1.67. The monoisotopic (exact) mass is 398 g/mol. The topological polar surface area (TPSA) is 62.7 Å². The van der Waals surface area contributed by atoms with Crippen LogP contribution >= 0.6 is 46.8 Å². The van der Waals surface area contributed by atoms with Gasteiger partial charge in [-0.3, -0.25) is 14.5 Å². The zero-order valence-electron chi connectivity index (χ0n) is 12.4. The van der Waals surface area contributed by atoms with E-state index in [0.29, 0.717) is 26.3 Å². The minimum absolute atomic E-state index is 0.233. The number of thiophene rings is 1. The molecule has 2 heterocycles. The maximum Gasteiger partial charge on any atom is 0.247 e. The molecule has 0 aliphatic carbocycles. The Kier molecular flexibility index (Phi) is 5.05. The highest BCUT2D eigenvalue weighted by molar-refractivity contribution is 7.71. The summed E-state index contributed by atoms with van der Waals surface area (Å²) >= 11 is 18.7. The SMILES string of the molecule is CC(C(=O)Nc1ccc(Cl)c(Cl)c1)n1c(-c2cccs2)n[nH]c1=S. The van der Waals surface area contributed by atoms with Crippen molar-refractivity contribution in [1.29, 1.82) is 0 Å². The lowest BCUT2D eigenvalue weighted by atomic mass is 10.2. The van der Waals surface area contributed by atoms with Crippen LogP contribution < -0.4 is 5.32 Å². The molecule has 0 saturated heterocycles. The van der Waals surface area contributed by atoms with Crippen LogP contribution in [0.5, 0.6) is 0 Å². The van der Waals surface area contributed by atoms with Gasteiger partial charge in [-0.05, 0) is 48.8 Å². The molecular formula is C15H12Cl2N4OS2. The Bertz CT molecular complexity index is 933. The average molecular weight is 399 g/mol. The second kappa shape index (κ2) is 7.06. The molecule has 3 aromatic rings. The largest absolute Gasteiger partial charge is 0.324 e. The fraction of sp³-hybridized carbons (Fsp3) is 0.133. The number of hydrogen-bond acceptors (Lipinski definition) is 4. The summed E-state index contributed by atoms with van der Waals surface area (Å²) in [4.78, 5) is 13.5. The number of nitrogens with one attached hydrogen (secondary N) is 2. The molecule has 2 aromatic heterocycles. The van der Waals surface area contributed by atoms with Crippen molar-refractivity contribution >= 4 is 58.4 Å². The third-order valence-electron chi connectivity index (χ3n) is 3.40. The molecule has 1 aromatic carbocycles. The van der Waals surface area contributed by atoms with Gasteiger partial charge in [0, 0.05) is 5.69 Å². The molecule has 2 N–H and O–H groups in total. The van der Waals surface area contributed by atoms with Gasteiger partial charge in [-0.15, -0.1) is 11.3 Å². The molecule has 0 saturated carbocycles. The highest BCUT2D eigenvalue weighted by atomic mass is 35.5. The maximum absolute atomic E-state index is 12.6. The third-order valence-corrected chi connectivity index (χ3v) is 5.29. The summed E-state index contributed by atoms with van der Waals surface area (Å²) in [6, 6.07) is 8.21. The summed E-state index contributed by atoms with van der Waals surface area (Å²) in [5, 5.41) is 12.5. The van der Waals surface area contributed by atoms with Crippen LogP contribution in [0.1, 0.15) is 13.0 Å². The second-order valence-electron chi connectivity index (χ2n) is 4.99. The molecule has 0 bridgehead atoms. The van der Waals surface area contributed by atoms with Crippen molar-refractivity contribution in [1.82, 2.24) is 14.8 Å². The minimum atomic E-state index is -0.553. The molecule has 3 rings (SSSR count). The van der Waals surface area contributed by atoms with Crippen LogP contribution in [-0.2, 0) is 4.79 Å². The van der Waals surface area contributed by atoms with Gasteiger partial charge in [-0.2, -0.15) is 5.10 Å². The van der Waals surface area contributed by atoms with Gasteiger partial charge in [0.25, 0.3) is 0 Å². The molecule has 124 valence electrons. The zero-order valence-corrected chi connectivity index (χ0v) is 15.6. The summed E-state index contributed by atoms with van der Waals surface area (Å²) in [6.07, 6.45) is 0. The van der Waals surface area contributed by atoms with Crippen molar-refractivity contribution in [3.63, 3.8) is 0 Å². The van der Waals surface area contributed by atoms with Crippen molar-refractivity contribution < 1.29 is 4.79 Å². The van der Waals surface area contributed by atoms with Crippen LogP contribution in [-0.4, -0.2) is 20.7 Å². The second-order valence-corrected chi connectivity index (χ2v) is 7.14. The molecule has 1 unspecified atom stereocenters. The molecule has 0 radical (unpaired) electrons. The van der Waals surface area contributed by atoms with Crippen LogP contribution in [0.15, 0.2) is 35.7 Å². The predicted molar refractivity (Wildman–Crippen MR) is 101 cm³/mol. The number of aromatic amines is 1. The molecular weight excluding hydrogens is 387 g/mol. The van der Waals surface area contributed by atoms with Gasteiger partial charge in [0.2, 0.25) is 5.91 Å². The van der Waals surface area contributed by atoms with E-state index < -0.39 is 6.04 Å². The number of nitrogens with zero attached hydrogens (tertiary/aromatic N) is 2. The molecule has 0 aliphatic heterocycles. The number of aromatic nitrogens is 3. The van der Waals surface area contributed by atoms with E-state index >= 15 is 0 Å². The first kappa shape index (κ1) is 17.2. The molecule has 1 atom stereocenters. The van der Waals surface area contributed by atoms with Gasteiger partial charge in [0.15, 0.2) is 10.6 Å². The van der Waals surface area contributed by atoms with Crippen LogP contribution in [0.25, 0.3) is 10.7 Å². The van der Waals surface area contributed by atoms with E-state index in [-0.39, 0.29) is 5.91 Å². The Labute approximate surface area is 157 Å².